The first-order chi connectivity index (χ1) is 9.81. The van der Waals surface area contributed by atoms with Crippen LogP contribution in [0.1, 0.15) is 0 Å². The van der Waals surface area contributed by atoms with Crippen LogP contribution in [-0.2, 0) is 4.74 Å². The second-order valence-electron chi connectivity index (χ2n) is 4.96. The van der Waals surface area contributed by atoms with Gasteiger partial charge in [0, 0.05) is 24.1 Å². The molecule has 2 aromatic carbocycles. The van der Waals surface area contributed by atoms with Crippen LogP contribution in [0.4, 0.5) is 0 Å². The highest BCUT2D eigenvalue weighted by atomic mass is 79.9. The van der Waals surface area contributed by atoms with Crippen molar-refractivity contribution < 1.29 is 9.47 Å². The molecule has 0 unspecified atom stereocenters. The van der Waals surface area contributed by atoms with Crippen LogP contribution in [0.3, 0.4) is 0 Å². The Morgan fingerprint density at radius 1 is 1.05 bits per heavy atom. The topological polar surface area (TPSA) is 21.7 Å². The molecule has 1 aliphatic heterocycles. The summed E-state index contributed by atoms with van der Waals surface area (Å²) in [6, 6.07) is 12.5. The molecule has 2 aromatic rings. The maximum Gasteiger partial charge on any atom is 0.120 e. The molecule has 1 aliphatic rings. The number of benzene rings is 2. The molecule has 0 amide bonds. The Labute approximate surface area is 127 Å². The Morgan fingerprint density at radius 2 is 1.80 bits per heavy atom. The second-order valence-corrected chi connectivity index (χ2v) is 5.87. The van der Waals surface area contributed by atoms with Gasteiger partial charge in [-0.3, -0.25) is 4.90 Å². The zero-order valence-electron chi connectivity index (χ0n) is 11.3. The van der Waals surface area contributed by atoms with Gasteiger partial charge in [0.05, 0.1) is 13.2 Å². The van der Waals surface area contributed by atoms with Gasteiger partial charge in [0.25, 0.3) is 0 Å². The Balaban J connectivity index is 1.58. The van der Waals surface area contributed by atoms with E-state index >= 15 is 0 Å². The summed E-state index contributed by atoms with van der Waals surface area (Å²) in [5, 5.41) is 2.43. The lowest BCUT2D eigenvalue weighted by Crippen LogP contribution is -2.38. The van der Waals surface area contributed by atoms with E-state index in [-0.39, 0.29) is 0 Å². The lowest BCUT2D eigenvalue weighted by atomic mass is 10.1. The first-order valence-electron chi connectivity index (χ1n) is 6.93. The van der Waals surface area contributed by atoms with Crippen molar-refractivity contribution >= 4 is 26.7 Å². The largest absolute Gasteiger partial charge is 0.492 e. The van der Waals surface area contributed by atoms with Crippen LogP contribution in [0.25, 0.3) is 10.8 Å². The van der Waals surface area contributed by atoms with E-state index in [1.807, 2.05) is 6.07 Å². The van der Waals surface area contributed by atoms with E-state index < -0.39 is 0 Å². The molecule has 0 atom stereocenters. The smallest absolute Gasteiger partial charge is 0.120 e. The molecule has 0 bridgehead atoms. The number of morpholine rings is 1. The van der Waals surface area contributed by atoms with Crippen molar-refractivity contribution in [3.05, 3.63) is 40.9 Å². The van der Waals surface area contributed by atoms with Crippen LogP contribution in [-0.4, -0.2) is 44.4 Å². The van der Waals surface area contributed by atoms with Crippen molar-refractivity contribution in [1.82, 2.24) is 4.90 Å². The maximum absolute atomic E-state index is 5.85. The summed E-state index contributed by atoms with van der Waals surface area (Å²) in [5.74, 6) is 0.938. The van der Waals surface area contributed by atoms with Crippen LogP contribution in [0.2, 0.25) is 0 Å². The maximum atomic E-state index is 5.85. The van der Waals surface area contributed by atoms with Gasteiger partial charge in [0.1, 0.15) is 12.4 Å². The third kappa shape index (κ3) is 3.51. The van der Waals surface area contributed by atoms with Gasteiger partial charge in [0.2, 0.25) is 0 Å². The van der Waals surface area contributed by atoms with E-state index in [2.05, 4.69) is 51.2 Å². The Morgan fingerprint density at radius 3 is 2.65 bits per heavy atom. The molecule has 0 aliphatic carbocycles. The van der Waals surface area contributed by atoms with Crippen molar-refractivity contribution in [3.63, 3.8) is 0 Å². The third-order valence-electron chi connectivity index (χ3n) is 3.55. The normalized spacial score (nSPS) is 16.4. The number of rotatable bonds is 4. The average molecular weight is 336 g/mol. The highest BCUT2D eigenvalue weighted by Gasteiger charge is 2.09. The van der Waals surface area contributed by atoms with Gasteiger partial charge in [-0.2, -0.15) is 0 Å². The lowest BCUT2D eigenvalue weighted by Gasteiger charge is -2.26. The van der Waals surface area contributed by atoms with Gasteiger partial charge >= 0.3 is 0 Å². The molecule has 0 saturated carbocycles. The van der Waals surface area contributed by atoms with Crippen molar-refractivity contribution in [2.45, 2.75) is 0 Å². The first kappa shape index (κ1) is 13.9. The van der Waals surface area contributed by atoms with E-state index in [4.69, 9.17) is 9.47 Å². The fourth-order valence-corrected chi connectivity index (χ4v) is 2.78. The quantitative estimate of drug-likeness (QED) is 0.855. The SMILES string of the molecule is Brc1ccc2cc(OCCN3CCOCC3)ccc2c1. The fraction of sp³-hybridized carbons (Fsp3) is 0.375. The van der Waals surface area contributed by atoms with Crippen LogP contribution in [0.5, 0.6) is 5.75 Å². The number of nitrogens with zero attached hydrogens (tertiary/aromatic N) is 1. The molecule has 0 aromatic heterocycles. The molecular formula is C16H18BrNO2. The van der Waals surface area contributed by atoms with Gasteiger partial charge in [-0.05, 0) is 35.0 Å². The van der Waals surface area contributed by atoms with E-state index in [1.54, 1.807) is 0 Å². The predicted molar refractivity (Wildman–Crippen MR) is 84.4 cm³/mol. The van der Waals surface area contributed by atoms with Crippen molar-refractivity contribution in [3.8, 4) is 5.75 Å². The second kappa shape index (κ2) is 6.57. The van der Waals surface area contributed by atoms with Gasteiger partial charge in [-0.1, -0.05) is 28.1 Å². The first-order valence-corrected chi connectivity index (χ1v) is 7.73. The van der Waals surface area contributed by atoms with E-state index in [0.29, 0.717) is 0 Å². The molecule has 0 radical (unpaired) electrons. The summed E-state index contributed by atoms with van der Waals surface area (Å²) < 4.78 is 12.3. The minimum atomic E-state index is 0.724. The standard InChI is InChI=1S/C16H18BrNO2/c17-15-3-1-14-12-16(4-2-13(14)11-15)20-10-7-18-5-8-19-9-6-18/h1-4,11-12H,5-10H2. The number of fused-ring (bicyclic) bond motifs is 1. The van der Waals surface area contributed by atoms with Crippen LogP contribution < -0.4 is 4.74 Å². The molecule has 106 valence electrons. The van der Waals surface area contributed by atoms with Crippen molar-refractivity contribution in [1.29, 1.82) is 0 Å². The molecule has 0 spiro atoms. The summed E-state index contributed by atoms with van der Waals surface area (Å²) in [7, 11) is 0. The van der Waals surface area contributed by atoms with Gasteiger partial charge in [0.15, 0.2) is 0 Å². The molecule has 1 saturated heterocycles. The van der Waals surface area contributed by atoms with Crippen molar-refractivity contribution in [2.75, 3.05) is 39.5 Å². The van der Waals surface area contributed by atoms with E-state index in [1.165, 1.54) is 10.8 Å². The molecule has 4 heteroatoms. The summed E-state index contributed by atoms with van der Waals surface area (Å²) in [6.45, 7) is 5.38. The predicted octanol–water partition coefficient (Wildman–Crippen LogP) is 3.31. The highest BCUT2D eigenvalue weighted by Crippen LogP contribution is 2.24. The number of hydrogen-bond donors (Lipinski definition) is 0. The Hall–Kier alpha value is -1.10. The number of ether oxygens (including phenoxy) is 2. The lowest BCUT2D eigenvalue weighted by molar-refractivity contribution is 0.0322. The molecule has 20 heavy (non-hydrogen) atoms. The zero-order valence-corrected chi connectivity index (χ0v) is 12.9. The number of hydrogen-bond acceptors (Lipinski definition) is 3. The summed E-state index contributed by atoms with van der Waals surface area (Å²) in [6.07, 6.45) is 0. The van der Waals surface area contributed by atoms with E-state index in [9.17, 15) is 0 Å². The molecule has 3 rings (SSSR count). The molecular weight excluding hydrogens is 318 g/mol. The van der Waals surface area contributed by atoms with Crippen LogP contribution in [0, 0.1) is 0 Å². The van der Waals surface area contributed by atoms with Gasteiger partial charge < -0.3 is 9.47 Å². The third-order valence-corrected chi connectivity index (χ3v) is 4.05. The zero-order chi connectivity index (χ0) is 13.8. The molecule has 3 nitrogen and oxygen atoms in total. The van der Waals surface area contributed by atoms with E-state index in [0.717, 1.165) is 49.7 Å². The highest BCUT2D eigenvalue weighted by molar-refractivity contribution is 9.10. The fourth-order valence-electron chi connectivity index (χ4n) is 2.40. The molecule has 1 heterocycles. The van der Waals surface area contributed by atoms with Crippen LogP contribution in [0.15, 0.2) is 40.9 Å². The van der Waals surface area contributed by atoms with Crippen molar-refractivity contribution in [2.24, 2.45) is 0 Å². The molecule has 0 N–H and O–H groups in total. The van der Waals surface area contributed by atoms with Crippen LogP contribution >= 0.6 is 15.9 Å². The average Bonchev–Trinajstić information content (AvgIpc) is 2.48. The van der Waals surface area contributed by atoms with Gasteiger partial charge in [-0.25, -0.2) is 0 Å². The Bertz CT molecular complexity index is 582. The molecule has 1 fully saturated rings. The van der Waals surface area contributed by atoms with Gasteiger partial charge in [-0.15, -0.1) is 0 Å². The summed E-state index contributed by atoms with van der Waals surface area (Å²) in [4.78, 5) is 2.38. The summed E-state index contributed by atoms with van der Waals surface area (Å²) in [5.41, 5.74) is 0. The minimum absolute atomic E-state index is 0.724. The summed E-state index contributed by atoms with van der Waals surface area (Å²) >= 11 is 3.49. The minimum Gasteiger partial charge on any atom is -0.492 e. The monoisotopic (exact) mass is 335 g/mol. The Kier molecular flexibility index (Phi) is 4.55. The number of halogens is 1.